The number of rotatable bonds is 4. The number of aromatic nitrogens is 1. The Morgan fingerprint density at radius 2 is 2.28 bits per heavy atom. The van der Waals surface area contributed by atoms with E-state index in [0.29, 0.717) is 10.4 Å². The minimum Gasteiger partial charge on any atom is -0.478 e. The molecule has 0 amide bonds. The second kappa shape index (κ2) is 4.65. The van der Waals surface area contributed by atoms with Crippen LogP contribution in [0, 0.1) is 10.1 Å². The number of furan rings is 1. The van der Waals surface area contributed by atoms with Crippen LogP contribution in [0.25, 0.3) is 0 Å². The van der Waals surface area contributed by atoms with E-state index in [1.54, 1.807) is 4.57 Å². The van der Waals surface area contributed by atoms with Gasteiger partial charge in [-0.15, -0.1) is 0 Å². The molecular weight excluding hydrogens is 308 g/mol. The summed E-state index contributed by atoms with van der Waals surface area (Å²) >= 11 is 3.20. The van der Waals surface area contributed by atoms with Gasteiger partial charge in [-0.05, 0) is 28.1 Å². The van der Waals surface area contributed by atoms with Crippen molar-refractivity contribution in [1.29, 1.82) is 0 Å². The highest BCUT2D eigenvalue weighted by atomic mass is 79.9. The molecule has 0 unspecified atom stereocenters. The molecule has 0 aliphatic heterocycles. The van der Waals surface area contributed by atoms with Crippen LogP contribution in [0.15, 0.2) is 33.4 Å². The summed E-state index contributed by atoms with van der Waals surface area (Å²) in [4.78, 5) is 20.6. The number of nitrogens with zero attached hydrogens (tertiary/aromatic N) is 2. The Morgan fingerprint density at radius 1 is 1.56 bits per heavy atom. The summed E-state index contributed by atoms with van der Waals surface area (Å²) in [5.41, 5.74) is 0.128. The third-order valence-electron chi connectivity index (χ3n) is 2.24. The van der Waals surface area contributed by atoms with Crippen molar-refractivity contribution >= 4 is 27.8 Å². The van der Waals surface area contributed by atoms with Crippen LogP contribution in [0.5, 0.6) is 0 Å². The number of carboxylic acid groups (broad SMARTS) is 1. The van der Waals surface area contributed by atoms with Gasteiger partial charge >= 0.3 is 11.9 Å². The molecule has 18 heavy (non-hydrogen) atoms. The lowest BCUT2D eigenvalue weighted by Gasteiger charge is -2.00. The Labute approximate surface area is 109 Å². The minimum atomic E-state index is -1.04. The van der Waals surface area contributed by atoms with Crippen molar-refractivity contribution in [2.45, 2.75) is 6.54 Å². The largest absolute Gasteiger partial charge is 0.478 e. The van der Waals surface area contributed by atoms with Gasteiger partial charge in [0.25, 0.3) is 0 Å². The van der Waals surface area contributed by atoms with E-state index in [4.69, 9.17) is 9.52 Å². The lowest BCUT2D eigenvalue weighted by molar-refractivity contribution is -0.402. The number of carbonyl (C=O) groups is 1. The van der Waals surface area contributed by atoms with E-state index in [1.165, 1.54) is 24.4 Å². The number of aromatic carboxylic acids is 1. The SMILES string of the molecule is O=C(O)c1cc(Br)n(Cc2ccc([N+](=O)[O-])o2)c1. The third kappa shape index (κ3) is 2.43. The molecule has 0 spiro atoms. The number of halogens is 1. The third-order valence-corrected chi connectivity index (χ3v) is 2.93. The van der Waals surface area contributed by atoms with Crippen LogP contribution >= 0.6 is 15.9 Å². The molecule has 0 aliphatic carbocycles. The molecule has 0 fully saturated rings. The van der Waals surface area contributed by atoms with Crippen LogP contribution in [0.4, 0.5) is 5.88 Å². The van der Waals surface area contributed by atoms with E-state index >= 15 is 0 Å². The first-order valence-corrected chi connectivity index (χ1v) is 5.59. The van der Waals surface area contributed by atoms with Gasteiger partial charge < -0.3 is 14.1 Å². The molecule has 0 saturated heterocycles. The van der Waals surface area contributed by atoms with Gasteiger partial charge in [-0.25, -0.2) is 4.79 Å². The van der Waals surface area contributed by atoms with Crippen molar-refractivity contribution in [1.82, 2.24) is 4.57 Å². The fourth-order valence-corrected chi connectivity index (χ4v) is 1.91. The van der Waals surface area contributed by atoms with Crippen LogP contribution < -0.4 is 0 Å². The lowest BCUT2D eigenvalue weighted by Crippen LogP contribution is -1.98. The molecule has 94 valence electrons. The predicted molar refractivity (Wildman–Crippen MR) is 63.6 cm³/mol. The Bertz CT molecular complexity index is 616. The molecule has 0 atom stereocenters. The maximum absolute atomic E-state index is 10.8. The molecule has 2 heterocycles. The number of nitro groups is 1. The van der Waals surface area contributed by atoms with Gasteiger partial charge in [0.2, 0.25) is 0 Å². The molecule has 8 heteroatoms. The molecule has 0 aliphatic rings. The molecule has 0 saturated carbocycles. The first-order valence-electron chi connectivity index (χ1n) is 4.79. The van der Waals surface area contributed by atoms with Crippen LogP contribution in [0.2, 0.25) is 0 Å². The maximum Gasteiger partial charge on any atom is 0.433 e. The van der Waals surface area contributed by atoms with Gasteiger partial charge in [-0.2, -0.15) is 0 Å². The maximum atomic E-state index is 10.8. The second-order valence-electron chi connectivity index (χ2n) is 3.48. The molecule has 2 aromatic heterocycles. The Kier molecular flexibility index (Phi) is 3.19. The van der Waals surface area contributed by atoms with Crippen molar-refractivity contribution in [2.24, 2.45) is 0 Å². The summed E-state index contributed by atoms with van der Waals surface area (Å²) in [5, 5.41) is 19.3. The first-order chi connectivity index (χ1) is 8.47. The Morgan fingerprint density at radius 3 is 2.78 bits per heavy atom. The monoisotopic (exact) mass is 314 g/mol. The predicted octanol–water partition coefficient (Wildman–Crippen LogP) is 2.50. The number of hydrogen-bond donors (Lipinski definition) is 1. The van der Waals surface area contributed by atoms with Crippen LogP contribution in [0.3, 0.4) is 0 Å². The Balaban J connectivity index is 2.22. The summed E-state index contributed by atoms with van der Waals surface area (Å²) in [7, 11) is 0. The van der Waals surface area contributed by atoms with Gasteiger partial charge in [0.15, 0.2) is 0 Å². The van der Waals surface area contributed by atoms with Crippen molar-refractivity contribution in [3.05, 3.63) is 50.4 Å². The van der Waals surface area contributed by atoms with Gasteiger partial charge in [-0.3, -0.25) is 10.1 Å². The summed E-state index contributed by atoms with van der Waals surface area (Å²) < 4.78 is 7.12. The van der Waals surface area contributed by atoms with Gasteiger partial charge in [0.1, 0.15) is 10.7 Å². The summed E-state index contributed by atoms with van der Waals surface area (Å²) in [5.74, 6) is -1.01. The quantitative estimate of drug-likeness (QED) is 0.690. The zero-order valence-corrected chi connectivity index (χ0v) is 10.5. The van der Waals surface area contributed by atoms with E-state index in [2.05, 4.69) is 15.9 Å². The van der Waals surface area contributed by atoms with E-state index in [0.717, 1.165) is 0 Å². The highest BCUT2D eigenvalue weighted by Crippen LogP contribution is 2.20. The summed E-state index contributed by atoms with van der Waals surface area (Å²) in [6.45, 7) is 0.210. The fourth-order valence-electron chi connectivity index (χ4n) is 1.43. The lowest BCUT2D eigenvalue weighted by atomic mass is 10.3. The minimum absolute atomic E-state index is 0.128. The zero-order chi connectivity index (χ0) is 13.3. The van der Waals surface area contributed by atoms with Gasteiger partial charge in [0, 0.05) is 6.20 Å². The van der Waals surface area contributed by atoms with Crippen LogP contribution in [-0.2, 0) is 6.54 Å². The molecule has 0 bridgehead atoms. The zero-order valence-electron chi connectivity index (χ0n) is 8.87. The highest BCUT2D eigenvalue weighted by Gasteiger charge is 2.14. The summed E-state index contributed by atoms with van der Waals surface area (Å²) in [6, 6.07) is 4.18. The second-order valence-corrected chi connectivity index (χ2v) is 4.29. The molecule has 1 N–H and O–H groups in total. The molecule has 0 aromatic carbocycles. The first kappa shape index (κ1) is 12.4. The van der Waals surface area contributed by atoms with Gasteiger partial charge in [0.05, 0.1) is 22.8 Å². The van der Waals surface area contributed by atoms with Crippen molar-refractivity contribution < 1.29 is 19.2 Å². The standard InChI is InChI=1S/C10H7BrN2O5/c11-8-3-6(10(14)15)4-12(8)5-7-1-2-9(18-7)13(16)17/h1-4H,5H2,(H,14,15). The smallest absolute Gasteiger partial charge is 0.433 e. The molecule has 7 nitrogen and oxygen atoms in total. The molecule has 2 aromatic rings. The fraction of sp³-hybridized carbons (Fsp3) is 0.100. The average Bonchev–Trinajstić information content (AvgIpc) is 2.87. The van der Waals surface area contributed by atoms with E-state index in [1.807, 2.05) is 0 Å². The van der Waals surface area contributed by atoms with Crippen molar-refractivity contribution in [2.75, 3.05) is 0 Å². The van der Waals surface area contributed by atoms with Gasteiger partial charge in [-0.1, -0.05) is 0 Å². The average molecular weight is 315 g/mol. The van der Waals surface area contributed by atoms with Crippen LogP contribution in [0.1, 0.15) is 16.1 Å². The van der Waals surface area contributed by atoms with Crippen molar-refractivity contribution in [3.8, 4) is 0 Å². The molecule has 2 rings (SSSR count). The van der Waals surface area contributed by atoms with Crippen LogP contribution in [-0.4, -0.2) is 20.6 Å². The topological polar surface area (TPSA) is 98.5 Å². The normalized spacial score (nSPS) is 10.5. The number of carboxylic acids is 1. The van der Waals surface area contributed by atoms with E-state index in [9.17, 15) is 14.9 Å². The van der Waals surface area contributed by atoms with E-state index < -0.39 is 10.9 Å². The molecule has 0 radical (unpaired) electrons. The van der Waals surface area contributed by atoms with Crippen molar-refractivity contribution in [3.63, 3.8) is 0 Å². The summed E-state index contributed by atoms with van der Waals surface area (Å²) in [6.07, 6.45) is 1.42. The van der Waals surface area contributed by atoms with E-state index in [-0.39, 0.29) is 18.0 Å². The highest BCUT2D eigenvalue weighted by molar-refractivity contribution is 9.10. The number of hydrogen-bond acceptors (Lipinski definition) is 4. The Hall–Kier alpha value is -2.09. The molecular formula is C10H7BrN2O5.